The van der Waals surface area contributed by atoms with Crippen molar-refractivity contribution in [2.24, 2.45) is 5.73 Å². The molecule has 1 aromatic rings. The van der Waals surface area contributed by atoms with Crippen LogP contribution >= 0.6 is 0 Å². The molecule has 0 spiro atoms. The minimum atomic E-state index is -3.00. The molecule has 0 radical (unpaired) electrons. The first kappa shape index (κ1) is 10.2. The quantitative estimate of drug-likeness (QED) is 0.638. The number of hydrogen-bond acceptors (Lipinski definition) is 3. The van der Waals surface area contributed by atoms with E-state index < -0.39 is 34.9 Å². The van der Waals surface area contributed by atoms with E-state index in [0.717, 1.165) is 0 Å². The Bertz CT molecular complexity index is 427. The second-order valence-electron chi connectivity index (χ2n) is 2.48. The van der Waals surface area contributed by atoms with Gasteiger partial charge in [0.1, 0.15) is 5.69 Å². The van der Waals surface area contributed by atoms with Gasteiger partial charge >= 0.3 is 0 Å². The van der Waals surface area contributed by atoms with Crippen LogP contribution in [0.1, 0.15) is 22.5 Å². The Morgan fingerprint density at radius 2 is 2.14 bits per heavy atom. The molecule has 0 aliphatic carbocycles. The molecule has 4 N–H and O–H groups in total. The number of primary amides is 1. The zero-order valence-electron chi connectivity index (χ0n) is 6.75. The summed E-state index contributed by atoms with van der Waals surface area (Å²) in [6.45, 7) is 0. The number of H-pyrrole nitrogens is 1. The highest BCUT2D eigenvalue weighted by Gasteiger charge is 2.19. The van der Waals surface area contributed by atoms with E-state index in [0.29, 0.717) is 6.07 Å². The maximum atomic E-state index is 12.3. The molecule has 0 atom stereocenters. The van der Waals surface area contributed by atoms with Crippen LogP contribution in [0.5, 0.6) is 5.75 Å². The molecule has 1 heterocycles. The number of aromatic hydroxyl groups is 1. The molecule has 1 rings (SSSR count). The Morgan fingerprint density at radius 1 is 1.57 bits per heavy atom. The standard InChI is InChI=1S/C7H6F2N2O3/c8-5(9)2-1-3(12)7(14)11-4(2)6(10)13/h1,5,12H,(H2,10,13)(H,11,14). The summed E-state index contributed by atoms with van der Waals surface area (Å²) in [5.74, 6) is -2.07. The van der Waals surface area contributed by atoms with Crippen molar-refractivity contribution in [3.05, 3.63) is 27.7 Å². The minimum absolute atomic E-state index is 0.517. The fourth-order valence-electron chi connectivity index (χ4n) is 0.911. The second kappa shape index (κ2) is 3.44. The maximum Gasteiger partial charge on any atom is 0.290 e. The number of carbonyl (C=O) groups is 1. The van der Waals surface area contributed by atoms with Gasteiger partial charge in [0.2, 0.25) is 0 Å². The summed E-state index contributed by atoms with van der Waals surface area (Å²) in [5.41, 5.74) is 2.22. The largest absolute Gasteiger partial charge is 0.503 e. The Hall–Kier alpha value is -1.92. The number of nitrogens with two attached hydrogens (primary N) is 1. The van der Waals surface area contributed by atoms with Gasteiger partial charge in [0.05, 0.1) is 5.56 Å². The van der Waals surface area contributed by atoms with Gasteiger partial charge in [0.25, 0.3) is 17.9 Å². The highest BCUT2D eigenvalue weighted by Crippen LogP contribution is 2.22. The molecule has 1 amide bonds. The highest BCUT2D eigenvalue weighted by molar-refractivity contribution is 5.92. The van der Waals surface area contributed by atoms with Crippen molar-refractivity contribution in [1.29, 1.82) is 0 Å². The maximum absolute atomic E-state index is 12.3. The number of nitrogens with one attached hydrogen (secondary N) is 1. The number of aromatic nitrogens is 1. The second-order valence-corrected chi connectivity index (χ2v) is 2.48. The number of pyridine rings is 1. The third-order valence-corrected chi connectivity index (χ3v) is 1.53. The fourth-order valence-corrected chi connectivity index (χ4v) is 0.911. The van der Waals surface area contributed by atoms with E-state index in [9.17, 15) is 18.4 Å². The molecule has 0 saturated carbocycles. The fraction of sp³-hybridized carbons (Fsp3) is 0.143. The predicted molar refractivity (Wildman–Crippen MR) is 42.2 cm³/mol. The summed E-state index contributed by atoms with van der Waals surface area (Å²) in [7, 11) is 0. The number of aromatic amines is 1. The topological polar surface area (TPSA) is 96.2 Å². The van der Waals surface area contributed by atoms with Crippen molar-refractivity contribution in [2.45, 2.75) is 6.43 Å². The Kier molecular flexibility index (Phi) is 2.50. The zero-order chi connectivity index (χ0) is 10.9. The third-order valence-electron chi connectivity index (χ3n) is 1.53. The van der Waals surface area contributed by atoms with Gasteiger partial charge in [-0.15, -0.1) is 0 Å². The van der Waals surface area contributed by atoms with E-state index in [1.54, 1.807) is 4.98 Å². The van der Waals surface area contributed by atoms with Crippen LogP contribution in [0.3, 0.4) is 0 Å². The van der Waals surface area contributed by atoms with Gasteiger partial charge in [-0.1, -0.05) is 0 Å². The van der Waals surface area contributed by atoms with Gasteiger partial charge in [-0.2, -0.15) is 0 Å². The van der Waals surface area contributed by atoms with Gasteiger partial charge in [-0.05, 0) is 6.07 Å². The first-order chi connectivity index (χ1) is 6.43. The van der Waals surface area contributed by atoms with Crippen molar-refractivity contribution in [1.82, 2.24) is 4.98 Å². The van der Waals surface area contributed by atoms with Crippen LogP contribution < -0.4 is 11.3 Å². The number of halogens is 2. The van der Waals surface area contributed by atoms with Crippen molar-refractivity contribution in [3.63, 3.8) is 0 Å². The molecule has 0 saturated heterocycles. The van der Waals surface area contributed by atoms with Gasteiger partial charge < -0.3 is 15.8 Å². The van der Waals surface area contributed by atoms with Gasteiger partial charge in [0, 0.05) is 0 Å². The van der Waals surface area contributed by atoms with Gasteiger partial charge in [-0.3, -0.25) is 9.59 Å². The molecule has 76 valence electrons. The van der Waals surface area contributed by atoms with Crippen LogP contribution in [-0.2, 0) is 0 Å². The van der Waals surface area contributed by atoms with Crippen molar-refractivity contribution < 1.29 is 18.7 Å². The van der Waals surface area contributed by atoms with Crippen LogP contribution in [-0.4, -0.2) is 16.0 Å². The average molecular weight is 204 g/mol. The molecule has 14 heavy (non-hydrogen) atoms. The molecule has 0 fully saturated rings. The molecule has 0 bridgehead atoms. The Labute approximate surface area is 76.2 Å². The van der Waals surface area contributed by atoms with Crippen molar-refractivity contribution in [2.75, 3.05) is 0 Å². The summed E-state index contributed by atoms with van der Waals surface area (Å²) in [6.07, 6.45) is -3.00. The van der Waals surface area contributed by atoms with Crippen LogP contribution in [0.4, 0.5) is 8.78 Å². The summed E-state index contributed by atoms with van der Waals surface area (Å²) in [5, 5.41) is 8.83. The van der Waals surface area contributed by atoms with Crippen LogP contribution in [0.25, 0.3) is 0 Å². The number of hydrogen-bond donors (Lipinski definition) is 3. The lowest BCUT2D eigenvalue weighted by Gasteiger charge is -2.04. The Morgan fingerprint density at radius 3 is 2.57 bits per heavy atom. The molecular weight excluding hydrogens is 198 g/mol. The molecule has 0 aliphatic heterocycles. The first-order valence-corrected chi connectivity index (χ1v) is 3.47. The average Bonchev–Trinajstić information content (AvgIpc) is 2.08. The summed E-state index contributed by atoms with van der Waals surface area (Å²) in [4.78, 5) is 23.2. The number of amides is 1. The molecule has 0 aliphatic rings. The predicted octanol–water partition coefficient (Wildman–Crippen LogP) is 0.117. The van der Waals surface area contributed by atoms with Crippen molar-refractivity contribution >= 4 is 5.91 Å². The number of alkyl halides is 2. The molecule has 1 aromatic heterocycles. The molecule has 0 unspecified atom stereocenters. The van der Waals surface area contributed by atoms with E-state index >= 15 is 0 Å². The molecule has 7 heteroatoms. The van der Waals surface area contributed by atoms with Crippen molar-refractivity contribution in [3.8, 4) is 5.75 Å². The Balaban J connectivity index is 3.47. The zero-order valence-corrected chi connectivity index (χ0v) is 6.75. The SMILES string of the molecule is NC(=O)c1[nH]c(=O)c(O)cc1C(F)F. The monoisotopic (exact) mass is 204 g/mol. The lowest BCUT2D eigenvalue weighted by atomic mass is 10.2. The van der Waals surface area contributed by atoms with Crippen LogP contribution in [0, 0.1) is 0 Å². The normalized spacial score (nSPS) is 10.5. The lowest BCUT2D eigenvalue weighted by Crippen LogP contribution is -2.21. The van der Waals surface area contributed by atoms with E-state index in [1.165, 1.54) is 0 Å². The molecular formula is C7H6F2N2O3. The number of carbonyl (C=O) groups excluding carboxylic acids is 1. The highest BCUT2D eigenvalue weighted by atomic mass is 19.3. The summed E-state index contributed by atoms with van der Waals surface area (Å²) >= 11 is 0. The minimum Gasteiger partial charge on any atom is -0.503 e. The smallest absolute Gasteiger partial charge is 0.290 e. The summed E-state index contributed by atoms with van der Waals surface area (Å²) < 4.78 is 24.5. The van der Waals surface area contributed by atoms with E-state index in [-0.39, 0.29) is 0 Å². The van der Waals surface area contributed by atoms with E-state index in [2.05, 4.69) is 0 Å². The first-order valence-electron chi connectivity index (χ1n) is 3.47. The van der Waals surface area contributed by atoms with Gasteiger partial charge in [0.15, 0.2) is 5.75 Å². The lowest BCUT2D eigenvalue weighted by molar-refractivity contribution is 0.0979. The van der Waals surface area contributed by atoms with Crippen LogP contribution in [0.2, 0.25) is 0 Å². The van der Waals surface area contributed by atoms with Gasteiger partial charge in [-0.25, -0.2) is 8.78 Å². The number of rotatable bonds is 2. The summed E-state index contributed by atoms with van der Waals surface area (Å²) in [6, 6.07) is 0.517. The van der Waals surface area contributed by atoms with Crippen LogP contribution in [0.15, 0.2) is 10.9 Å². The molecule has 5 nitrogen and oxygen atoms in total. The third kappa shape index (κ3) is 1.70. The van der Waals surface area contributed by atoms with E-state index in [4.69, 9.17) is 10.8 Å². The molecule has 0 aromatic carbocycles. The van der Waals surface area contributed by atoms with E-state index in [1.807, 2.05) is 0 Å².